The first-order valence-corrected chi connectivity index (χ1v) is 11.0. The molecule has 178 valence electrons. The van der Waals surface area contributed by atoms with Gasteiger partial charge in [0.1, 0.15) is 18.0 Å². The van der Waals surface area contributed by atoms with Crippen LogP contribution in [0, 0.1) is 6.92 Å². The fourth-order valence-corrected chi connectivity index (χ4v) is 3.43. The Hall–Kier alpha value is -4.66. The summed E-state index contributed by atoms with van der Waals surface area (Å²) >= 11 is 0. The van der Waals surface area contributed by atoms with E-state index in [1.165, 1.54) is 10.5 Å². The van der Waals surface area contributed by atoms with Gasteiger partial charge in [-0.25, -0.2) is 14.6 Å². The van der Waals surface area contributed by atoms with Crippen molar-refractivity contribution >= 4 is 29.0 Å². The highest BCUT2D eigenvalue weighted by atomic mass is 16.5. The molecule has 4 rings (SSSR count). The number of hydrogen-bond acceptors (Lipinski definition) is 6. The van der Waals surface area contributed by atoms with Gasteiger partial charge >= 0.3 is 12.0 Å². The number of aromatic nitrogens is 2. The van der Waals surface area contributed by atoms with E-state index in [2.05, 4.69) is 15.6 Å². The standard InChI is InChI=1S/C26H24N4O5/c1-3-34-25(32)19-8-4-5-9-20(19)28-26(33)29-21-10-6-7-11-22(21)35-16-18-14-24(31)30-15-17(2)12-13-23(30)27-18/h4-15H,3,16H2,1-2H3,(H2,28,29,33). The molecule has 0 aliphatic carbocycles. The molecule has 2 heterocycles. The quantitative estimate of drug-likeness (QED) is 0.386. The second kappa shape index (κ2) is 10.5. The number of ether oxygens (including phenoxy) is 2. The van der Waals surface area contributed by atoms with E-state index in [1.807, 2.05) is 13.0 Å². The Kier molecular flexibility index (Phi) is 7.06. The van der Waals surface area contributed by atoms with Gasteiger partial charge in [0.15, 0.2) is 0 Å². The number of rotatable bonds is 7. The molecule has 0 atom stereocenters. The SMILES string of the molecule is CCOC(=O)c1ccccc1NC(=O)Nc1ccccc1OCc1cc(=O)n2cc(C)ccc2n1. The van der Waals surface area contributed by atoms with Crippen LogP contribution in [0.2, 0.25) is 0 Å². The molecule has 0 unspecified atom stereocenters. The lowest BCUT2D eigenvalue weighted by Gasteiger charge is -2.14. The van der Waals surface area contributed by atoms with Crippen LogP contribution >= 0.6 is 0 Å². The van der Waals surface area contributed by atoms with Crippen LogP contribution < -0.4 is 20.9 Å². The van der Waals surface area contributed by atoms with Gasteiger partial charge in [-0.15, -0.1) is 0 Å². The van der Waals surface area contributed by atoms with E-state index < -0.39 is 12.0 Å². The highest BCUT2D eigenvalue weighted by Gasteiger charge is 2.15. The van der Waals surface area contributed by atoms with Gasteiger partial charge in [-0.2, -0.15) is 0 Å². The van der Waals surface area contributed by atoms with Gasteiger partial charge in [0.25, 0.3) is 5.56 Å². The Labute approximate surface area is 201 Å². The molecular weight excluding hydrogens is 448 g/mol. The van der Waals surface area contributed by atoms with Crippen molar-refractivity contribution in [3.05, 3.63) is 100 Å². The molecule has 4 aromatic rings. The maximum atomic E-state index is 12.7. The molecule has 35 heavy (non-hydrogen) atoms. The Balaban J connectivity index is 1.47. The number of para-hydroxylation sites is 3. The Morgan fingerprint density at radius 2 is 1.69 bits per heavy atom. The van der Waals surface area contributed by atoms with Crippen LogP contribution in [-0.2, 0) is 11.3 Å². The number of nitrogens with one attached hydrogen (secondary N) is 2. The first-order valence-electron chi connectivity index (χ1n) is 11.0. The van der Waals surface area contributed by atoms with Crippen LogP contribution in [0.4, 0.5) is 16.2 Å². The molecule has 2 aromatic heterocycles. The number of esters is 1. The number of fused-ring (bicyclic) bond motifs is 1. The first kappa shape index (κ1) is 23.5. The molecule has 0 aliphatic heterocycles. The number of carbonyl (C=O) groups is 2. The number of amides is 2. The minimum Gasteiger partial charge on any atom is -0.485 e. The van der Waals surface area contributed by atoms with Crippen molar-refractivity contribution in [3.8, 4) is 5.75 Å². The lowest BCUT2D eigenvalue weighted by Crippen LogP contribution is -2.22. The van der Waals surface area contributed by atoms with E-state index in [0.717, 1.165) is 5.56 Å². The minimum atomic E-state index is -0.560. The third-order valence-corrected chi connectivity index (χ3v) is 5.04. The fourth-order valence-electron chi connectivity index (χ4n) is 3.43. The number of pyridine rings is 1. The third kappa shape index (κ3) is 5.64. The summed E-state index contributed by atoms with van der Waals surface area (Å²) in [6.07, 6.45) is 1.73. The number of urea groups is 1. The molecule has 0 aliphatic rings. The van der Waals surface area contributed by atoms with Crippen molar-refractivity contribution < 1.29 is 19.1 Å². The van der Waals surface area contributed by atoms with Gasteiger partial charge in [-0.05, 0) is 49.7 Å². The van der Waals surface area contributed by atoms with Gasteiger partial charge in [0.05, 0.1) is 29.2 Å². The van der Waals surface area contributed by atoms with Crippen LogP contribution in [0.15, 0.2) is 77.7 Å². The van der Waals surface area contributed by atoms with Crippen LogP contribution in [0.1, 0.15) is 28.5 Å². The van der Waals surface area contributed by atoms with Crippen molar-refractivity contribution in [2.75, 3.05) is 17.2 Å². The summed E-state index contributed by atoms with van der Waals surface area (Å²) in [7, 11) is 0. The molecule has 0 fully saturated rings. The third-order valence-electron chi connectivity index (χ3n) is 5.04. The monoisotopic (exact) mass is 472 g/mol. The van der Waals surface area contributed by atoms with Gasteiger partial charge < -0.3 is 20.1 Å². The highest BCUT2D eigenvalue weighted by molar-refractivity contribution is 6.05. The summed E-state index contributed by atoms with van der Waals surface area (Å²) in [5, 5.41) is 5.40. The van der Waals surface area contributed by atoms with Crippen LogP contribution in [0.3, 0.4) is 0 Å². The Morgan fingerprint density at radius 1 is 0.971 bits per heavy atom. The van der Waals surface area contributed by atoms with Crippen molar-refractivity contribution in [1.29, 1.82) is 0 Å². The maximum absolute atomic E-state index is 12.7. The molecule has 2 amide bonds. The van der Waals surface area contributed by atoms with Crippen LogP contribution in [0.25, 0.3) is 5.65 Å². The highest BCUT2D eigenvalue weighted by Crippen LogP contribution is 2.25. The molecule has 0 spiro atoms. The largest absolute Gasteiger partial charge is 0.485 e. The lowest BCUT2D eigenvalue weighted by molar-refractivity contribution is 0.0527. The maximum Gasteiger partial charge on any atom is 0.340 e. The van der Waals surface area contributed by atoms with E-state index in [-0.39, 0.29) is 24.3 Å². The van der Waals surface area contributed by atoms with E-state index in [0.29, 0.717) is 28.5 Å². The normalized spacial score (nSPS) is 10.6. The zero-order chi connectivity index (χ0) is 24.8. The van der Waals surface area contributed by atoms with Gasteiger partial charge in [-0.1, -0.05) is 30.3 Å². The average Bonchev–Trinajstić information content (AvgIpc) is 2.84. The number of benzene rings is 2. The molecule has 9 nitrogen and oxygen atoms in total. The molecule has 2 aromatic carbocycles. The molecule has 2 N–H and O–H groups in total. The second-order valence-electron chi connectivity index (χ2n) is 7.65. The van der Waals surface area contributed by atoms with Crippen LogP contribution in [0.5, 0.6) is 5.75 Å². The zero-order valence-electron chi connectivity index (χ0n) is 19.3. The zero-order valence-corrected chi connectivity index (χ0v) is 19.3. The molecule has 0 saturated heterocycles. The van der Waals surface area contributed by atoms with Gasteiger partial charge in [-0.3, -0.25) is 9.20 Å². The van der Waals surface area contributed by atoms with Gasteiger partial charge in [0.2, 0.25) is 0 Å². The summed E-state index contributed by atoms with van der Waals surface area (Å²) in [4.78, 5) is 41.7. The Morgan fingerprint density at radius 3 is 2.49 bits per heavy atom. The van der Waals surface area contributed by atoms with Gasteiger partial charge in [0, 0.05) is 12.3 Å². The van der Waals surface area contributed by atoms with E-state index in [9.17, 15) is 14.4 Å². The molecular formula is C26H24N4O5. The van der Waals surface area contributed by atoms with E-state index in [4.69, 9.17) is 9.47 Å². The molecule has 0 saturated carbocycles. The smallest absolute Gasteiger partial charge is 0.340 e. The lowest BCUT2D eigenvalue weighted by atomic mass is 10.2. The van der Waals surface area contributed by atoms with Crippen molar-refractivity contribution in [2.24, 2.45) is 0 Å². The van der Waals surface area contributed by atoms with E-state index in [1.54, 1.807) is 67.7 Å². The molecule has 0 radical (unpaired) electrons. The number of aryl methyl sites for hydroxylation is 1. The van der Waals surface area contributed by atoms with Crippen molar-refractivity contribution in [3.63, 3.8) is 0 Å². The fraction of sp³-hybridized carbons (Fsp3) is 0.154. The summed E-state index contributed by atoms with van der Waals surface area (Å²) in [5.41, 5.74) is 2.70. The summed E-state index contributed by atoms with van der Waals surface area (Å²) in [6.45, 7) is 3.87. The number of hydrogen-bond donors (Lipinski definition) is 2. The number of anilines is 2. The molecule has 9 heteroatoms. The topological polar surface area (TPSA) is 111 Å². The molecule has 0 bridgehead atoms. The van der Waals surface area contributed by atoms with Crippen molar-refractivity contribution in [1.82, 2.24) is 9.38 Å². The average molecular weight is 473 g/mol. The predicted molar refractivity (Wildman–Crippen MR) is 132 cm³/mol. The minimum absolute atomic E-state index is 0.0334. The Bertz CT molecular complexity index is 1450. The predicted octanol–water partition coefficient (Wildman–Crippen LogP) is 4.40. The number of carbonyl (C=O) groups excluding carboxylic acids is 2. The summed E-state index contributed by atoms with van der Waals surface area (Å²) in [6, 6.07) is 18.0. The summed E-state index contributed by atoms with van der Waals surface area (Å²) < 4.78 is 12.4. The van der Waals surface area contributed by atoms with Crippen LogP contribution in [-0.4, -0.2) is 28.0 Å². The second-order valence-corrected chi connectivity index (χ2v) is 7.65. The number of nitrogens with zero attached hydrogens (tertiary/aromatic N) is 2. The first-order chi connectivity index (χ1) is 16.9. The van der Waals surface area contributed by atoms with Crippen molar-refractivity contribution in [2.45, 2.75) is 20.5 Å². The van der Waals surface area contributed by atoms with E-state index >= 15 is 0 Å². The summed E-state index contributed by atoms with van der Waals surface area (Å²) in [5.74, 6) is -0.131.